The molecule has 35 nitrogen and oxygen atoms in total. The first-order chi connectivity index (χ1) is 46.0. The molecular formula is C62H98O35S2. The molecule has 6 aliphatic heterocycles. The number of fused-ring (bicyclic) bond motifs is 4. The van der Waals surface area contributed by atoms with Gasteiger partial charge < -0.3 is 123 Å². The summed E-state index contributed by atoms with van der Waals surface area (Å²) in [6, 6.07) is 0. The highest BCUT2D eigenvalue weighted by atomic mass is 32.3. The molecule has 0 amide bonds. The second kappa shape index (κ2) is 29.2. The van der Waals surface area contributed by atoms with Gasteiger partial charge in [0.1, 0.15) is 122 Å². The van der Waals surface area contributed by atoms with Gasteiger partial charge in [-0.25, -0.2) is 8.37 Å². The summed E-state index contributed by atoms with van der Waals surface area (Å²) in [5.41, 5.74) is -4.32. The van der Waals surface area contributed by atoms with Crippen LogP contribution < -0.4 is 0 Å². The third-order valence-electron chi connectivity index (χ3n) is 22.7. The lowest BCUT2D eigenvalue weighted by Gasteiger charge is -2.64. The monoisotopic (exact) mass is 1470 g/mol. The largest absolute Gasteiger partial charge is 0.462 e. The molecule has 3 saturated carbocycles. The predicted molar refractivity (Wildman–Crippen MR) is 326 cm³/mol. The molecule has 9 fully saturated rings. The van der Waals surface area contributed by atoms with Gasteiger partial charge in [0.15, 0.2) is 31.5 Å². The number of rotatable bonds is 22. The lowest BCUT2D eigenvalue weighted by molar-refractivity contribution is -0.406. The average Bonchev–Trinajstić information content (AvgIpc) is 1.51. The summed E-state index contributed by atoms with van der Waals surface area (Å²) in [6.45, 7) is 12.2. The van der Waals surface area contributed by atoms with Crippen LogP contribution in [0.25, 0.3) is 0 Å². The second-order valence-electron chi connectivity index (χ2n) is 29.8. The van der Waals surface area contributed by atoms with Gasteiger partial charge in [-0.15, -0.1) is 0 Å². The van der Waals surface area contributed by atoms with E-state index < -0.39 is 252 Å². The Bertz CT molecular complexity index is 3150. The molecule has 29 unspecified atom stereocenters. The van der Waals surface area contributed by atoms with Gasteiger partial charge in [-0.3, -0.25) is 18.7 Å². The molecule has 99 heavy (non-hydrogen) atoms. The number of aliphatic hydroxyl groups is 12. The maximum atomic E-state index is 14.8. The van der Waals surface area contributed by atoms with Crippen molar-refractivity contribution in [2.24, 2.45) is 39.4 Å². The van der Waals surface area contributed by atoms with Gasteiger partial charge in [0.05, 0.1) is 55.6 Å². The maximum absolute atomic E-state index is 14.8. The first kappa shape index (κ1) is 78.8. The molecule has 10 aliphatic rings. The highest BCUT2D eigenvalue weighted by molar-refractivity contribution is 7.81. The Morgan fingerprint density at radius 2 is 1.24 bits per heavy atom. The zero-order valence-corrected chi connectivity index (χ0v) is 58.0. The lowest BCUT2D eigenvalue weighted by atomic mass is 9.41. The van der Waals surface area contributed by atoms with Crippen molar-refractivity contribution in [1.82, 2.24) is 0 Å². The van der Waals surface area contributed by atoms with Gasteiger partial charge >= 0.3 is 32.7 Å². The van der Waals surface area contributed by atoms with Crippen molar-refractivity contribution >= 4 is 32.7 Å². The summed E-state index contributed by atoms with van der Waals surface area (Å²) in [5, 5.41) is 134. The van der Waals surface area contributed by atoms with Crippen molar-refractivity contribution in [3.05, 3.63) is 23.8 Å². The van der Waals surface area contributed by atoms with Crippen molar-refractivity contribution < 1.29 is 167 Å². The molecule has 14 N–H and O–H groups in total. The first-order valence-electron chi connectivity index (χ1n) is 33.2. The van der Waals surface area contributed by atoms with E-state index in [1.807, 2.05) is 20.8 Å². The van der Waals surface area contributed by atoms with Crippen LogP contribution in [0.1, 0.15) is 107 Å². The summed E-state index contributed by atoms with van der Waals surface area (Å²) in [5.74, 6) is -1.67. The van der Waals surface area contributed by atoms with Crippen LogP contribution in [0.15, 0.2) is 23.8 Å². The Hall–Kier alpha value is -2.76. The Labute approximate surface area is 572 Å². The van der Waals surface area contributed by atoms with E-state index in [0.29, 0.717) is 38.5 Å². The quantitative estimate of drug-likeness (QED) is 0.0285. The van der Waals surface area contributed by atoms with E-state index in [2.05, 4.69) is 24.1 Å². The molecule has 0 aromatic heterocycles. The summed E-state index contributed by atoms with van der Waals surface area (Å²) in [6.07, 6.45) is -39.5. The number of methoxy groups -OCH3 is 1. The van der Waals surface area contributed by atoms with Crippen molar-refractivity contribution in [2.75, 3.05) is 33.5 Å². The molecule has 0 aromatic carbocycles. The van der Waals surface area contributed by atoms with Crippen LogP contribution in [0.2, 0.25) is 0 Å². The van der Waals surface area contributed by atoms with Crippen LogP contribution in [0.5, 0.6) is 0 Å². The number of hydrogen-bond donors (Lipinski definition) is 14. The molecule has 568 valence electrons. The van der Waals surface area contributed by atoms with Crippen molar-refractivity contribution in [3.8, 4) is 0 Å². The third kappa shape index (κ3) is 15.0. The Balaban J connectivity index is 0.926. The maximum Gasteiger partial charge on any atom is 0.397 e. The van der Waals surface area contributed by atoms with Crippen LogP contribution in [0, 0.1) is 39.4 Å². The van der Waals surface area contributed by atoms with E-state index >= 15 is 0 Å². The van der Waals surface area contributed by atoms with Crippen LogP contribution in [-0.4, -0.2) is 304 Å². The molecular weight excluding hydrogens is 1370 g/mol. The highest BCUT2D eigenvalue weighted by Crippen LogP contribution is 2.77. The van der Waals surface area contributed by atoms with Gasteiger partial charge in [-0.1, -0.05) is 51.5 Å². The smallest absolute Gasteiger partial charge is 0.397 e. The van der Waals surface area contributed by atoms with Gasteiger partial charge in [-0.2, -0.15) is 16.8 Å². The summed E-state index contributed by atoms with van der Waals surface area (Å²) >= 11 is 0. The van der Waals surface area contributed by atoms with Gasteiger partial charge in [0.2, 0.25) is 0 Å². The number of allylic oxidation sites excluding steroid dienone is 2. The zero-order chi connectivity index (χ0) is 73.0. The molecule has 0 bridgehead atoms. The average molecular weight is 1470 g/mol. The van der Waals surface area contributed by atoms with Crippen molar-refractivity contribution in [2.45, 2.75) is 278 Å². The predicted octanol–water partition coefficient (Wildman–Crippen LogP) is -3.40. The van der Waals surface area contributed by atoms with Gasteiger partial charge in [-0.05, 0) is 88.9 Å². The minimum absolute atomic E-state index is 0.0968. The number of carbonyl (C=O) groups is 2. The van der Waals surface area contributed by atoms with Crippen LogP contribution in [0.3, 0.4) is 0 Å². The SMILES string of the molecule is COC1C(O)C(COS(=O)(=O)O)OC(OC2C(O)C(CO)OC(OC3C(C)OC(OC4C(OC5CC[C@]6(C)C7CC[C@]89C(=O)O[C@@](C)(C/C=C/C(C)(C)O)C8C(OC(C)=O)C[C@@]9(C)C7=CCC6C5(C)C)OCC(OS(=O)(=O)O)C4O)C(OC4OC(CO)C(O)C(O)C4O)C3O)C2O)C1O. The summed E-state index contributed by atoms with van der Waals surface area (Å²) < 4.78 is 155. The van der Waals surface area contributed by atoms with Crippen molar-refractivity contribution in [3.63, 3.8) is 0 Å². The Morgan fingerprint density at radius 1 is 0.667 bits per heavy atom. The number of cyclic esters (lactones) is 1. The van der Waals surface area contributed by atoms with E-state index in [1.54, 1.807) is 26.0 Å². The van der Waals surface area contributed by atoms with Crippen LogP contribution >= 0.6 is 0 Å². The number of esters is 2. The van der Waals surface area contributed by atoms with E-state index in [4.69, 9.17) is 65.8 Å². The van der Waals surface area contributed by atoms with E-state index in [0.717, 1.165) is 12.7 Å². The number of ether oxygens (including phenoxy) is 13. The zero-order valence-electron chi connectivity index (χ0n) is 56.4. The highest BCUT2D eigenvalue weighted by Gasteiger charge is 2.79. The minimum Gasteiger partial charge on any atom is -0.462 e. The second-order valence-corrected chi connectivity index (χ2v) is 32.0. The fraction of sp³-hybridized carbons (Fsp3) is 0.903. The summed E-state index contributed by atoms with van der Waals surface area (Å²) in [4.78, 5) is 27.7. The first-order valence-corrected chi connectivity index (χ1v) is 35.9. The van der Waals surface area contributed by atoms with E-state index in [1.165, 1.54) is 13.8 Å². The summed E-state index contributed by atoms with van der Waals surface area (Å²) in [7, 11) is -9.42. The molecule has 6 saturated heterocycles. The molecule has 6 heterocycles. The molecule has 33 atom stereocenters. The topological polar surface area (TPSA) is 524 Å². The van der Waals surface area contributed by atoms with E-state index in [9.17, 15) is 96.8 Å². The number of carbonyl (C=O) groups excluding carboxylic acids is 2. The molecule has 4 aliphatic carbocycles. The normalized spacial score (nSPS) is 48.7. The van der Waals surface area contributed by atoms with E-state index in [-0.39, 0.29) is 24.2 Å². The van der Waals surface area contributed by atoms with Crippen molar-refractivity contribution in [1.29, 1.82) is 0 Å². The Morgan fingerprint density at radius 3 is 1.85 bits per heavy atom. The molecule has 1 spiro atoms. The van der Waals surface area contributed by atoms with Gasteiger partial charge in [0.25, 0.3) is 0 Å². The molecule has 37 heteroatoms. The van der Waals surface area contributed by atoms with Crippen LogP contribution in [-0.2, 0) is 100 Å². The third-order valence-corrected chi connectivity index (χ3v) is 23.7. The van der Waals surface area contributed by atoms with Crippen LogP contribution in [0.4, 0.5) is 0 Å². The minimum atomic E-state index is -5.35. The Kier molecular flexibility index (Phi) is 23.2. The molecule has 0 aromatic rings. The molecule has 10 rings (SSSR count). The number of hydrogen-bond acceptors (Lipinski definition) is 33. The lowest BCUT2D eigenvalue weighted by Crippen LogP contribution is -2.68. The number of aliphatic hydroxyl groups excluding tert-OH is 11. The fourth-order valence-corrected chi connectivity index (χ4v) is 18.8. The molecule has 0 radical (unpaired) electrons. The van der Waals surface area contributed by atoms with Gasteiger partial charge in [0, 0.05) is 25.9 Å². The standard InChI is InChI=1S/C62H98O35S2/c1-25-45(92-53-44(74)47(37(67)31(22-64)89-53)93-52-43(73)46(83-10)38(68)32(90-52)24-85-98(77,78)79)42(72)49(94-51-41(71)40(70)36(66)30(21-63)88-51)55(86-25)95-48-39(69)33(97-99(80,81)82)23-84-54(48)91-35-15-18-59(7)27-14-19-62-50(61(9,96-56(62)75)17-11-16-57(3,4)76)29(87-26(2)65)20-60(62,8)28(27)12-13-34(59)58(35,5)6/h11-12,16,25,27,29-55,63-64,66-74,76H,13-15,17-24H2,1-10H3,(H,77,78,79)(H,80,81,82)/b16-11+/t25?,27?,29?,30?,31?,32?,33?,34?,35?,36?,37?,38?,39?,40?,41?,42?,43?,44?,45?,46?,47?,48?,49?,50?,51?,52?,53?,54?,55?,59-,60+,61+,62-/m1/s1. The fourth-order valence-electron chi connectivity index (χ4n) is 18.0.